The number of rotatable bonds is 8. The first kappa shape index (κ1) is 19.7. The molecule has 0 aliphatic carbocycles. The van der Waals surface area contributed by atoms with Gasteiger partial charge in [0.2, 0.25) is 11.8 Å². The van der Waals surface area contributed by atoms with Gasteiger partial charge in [0.05, 0.1) is 12.8 Å². The maximum absolute atomic E-state index is 12.5. The second-order valence-electron chi connectivity index (χ2n) is 6.75. The van der Waals surface area contributed by atoms with Crippen molar-refractivity contribution in [1.29, 1.82) is 0 Å². The minimum atomic E-state index is -0.736. The zero-order chi connectivity index (χ0) is 20.1. The van der Waals surface area contributed by atoms with Crippen LogP contribution in [0.2, 0.25) is 0 Å². The third-order valence-corrected chi connectivity index (χ3v) is 4.89. The standard InChI is InChI=1S/C19H24N4O5/c1-28-14-6-4-13(5-7-14)23-18(26)15(21-19(23)27)8-9-16(24)20-10-12-22-11-2-3-17(22)25/h4-7,15H,2-3,8-12H2,1H3,(H,20,24)(H,21,27). The molecule has 2 N–H and O–H groups in total. The minimum absolute atomic E-state index is 0.112. The molecule has 2 saturated heterocycles. The highest BCUT2D eigenvalue weighted by Crippen LogP contribution is 2.23. The van der Waals surface area contributed by atoms with E-state index in [1.54, 1.807) is 29.2 Å². The molecule has 150 valence electrons. The van der Waals surface area contributed by atoms with Crippen LogP contribution in [0.3, 0.4) is 0 Å². The summed E-state index contributed by atoms with van der Waals surface area (Å²) in [5.41, 5.74) is 0.450. The van der Waals surface area contributed by atoms with Crippen LogP contribution in [0.25, 0.3) is 0 Å². The van der Waals surface area contributed by atoms with E-state index in [4.69, 9.17) is 4.74 Å². The molecule has 28 heavy (non-hydrogen) atoms. The van der Waals surface area contributed by atoms with Crippen LogP contribution in [0.4, 0.5) is 10.5 Å². The Balaban J connectivity index is 1.45. The van der Waals surface area contributed by atoms with Gasteiger partial charge in [-0.15, -0.1) is 0 Å². The summed E-state index contributed by atoms with van der Waals surface area (Å²) < 4.78 is 5.07. The van der Waals surface area contributed by atoms with Gasteiger partial charge in [0.15, 0.2) is 0 Å². The van der Waals surface area contributed by atoms with Gasteiger partial charge in [-0.3, -0.25) is 14.4 Å². The normalized spacial score (nSPS) is 19.2. The molecule has 2 heterocycles. The van der Waals surface area contributed by atoms with Gasteiger partial charge >= 0.3 is 6.03 Å². The molecule has 2 aliphatic rings. The highest BCUT2D eigenvalue weighted by Gasteiger charge is 2.38. The van der Waals surface area contributed by atoms with Crippen LogP contribution in [0.1, 0.15) is 25.7 Å². The van der Waals surface area contributed by atoms with E-state index in [1.165, 1.54) is 7.11 Å². The number of hydrogen-bond donors (Lipinski definition) is 2. The van der Waals surface area contributed by atoms with Gasteiger partial charge in [0.25, 0.3) is 5.91 Å². The van der Waals surface area contributed by atoms with E-state index in [2.05, 4.69) is 10.6 Å². The van der Waals surface area contributed by atoms with E-state index in [9.17, 15) is 19.2 Å². The van der Waals surface area contributed by atoms with E-state index in [1.807, 2.05) is 0 Å². The van der Waals surface area contributed by atoms with Crippen molar-refractivity contribution in [1.82, 2.24) is 15.5 Å². The molecular weight excluding hydrogens is 364 g/mol. The van der Waals surface area contributed by atoms with Crippen LogP contribution in [-0.4, -0.2) is 61.4 Å². The largest absolute Gasteiger partial charge is 0.497 e. The predicted octanol–water partition coefficient (Wildman–Crippen LogP) is 0.639. The number of amides is 5. The number of methoxy groups -OCH3 is 1. The average molecular weight is 388 g/mol. The molecule has 1 atom stereocenters. The monoisotopic (exact) mass is 388 g/mol. The van der Waals surface area contributed by atoms with E-state index in [0.29, 0.717) is 30.9 Å². The lowest BCUT2D eigenvalue weighted by molar-refractivity contribution is -0.128. The molecule has 9 nitrogen and oxygen atoms in total. The van der Waals surface area contributed by atoms with Crippen molar-refractivity contribution in [3.63, 3.8) is 0 Å². The average Bonchev–Trinajstić information content (AvgIpc) is 3.22. The van der Waals surface area contributed by atoms with E-state index < -0.39 is 12.1 Å². The SMILES string of the molecule is COc1ccc(N2C(=O)NC(CCC(=O)NCCN3CCCC3=O)C2=O)cc1. The summed E-state index contributed by atoms with van der Waals surface area (Å²) >= 11 is 0. The Kier molecular flexibility index (Phi) is 6.13. The fourth-order valence-corrected chi connectivity index (χ4v) is 3.34. The third-order valence-electron chi connectivity index (χ3n) is 4.89. The second kappa shape index (κ2) is 8.73. The number of carbonyl (C=O) groups excluding carboxylic acids is 4. The fourth-order valence-electron chi connectivity index (χ4n) is 3.34. The van der Waals surface area contributed by atoms with Gasteiger partial charge in [0.1, 0.15) is 11.8 Å². The molecule has 9 heteroatoms. The zero-order valence-corrected chi connectivity index (χ0v) is 15.8. The van der Waals surface area contributed by atoms with Gasteiger partial charge in [-0.2, -0.15) is 0 Å². The molecule has 1 unspecified atom stereocenters. The smallest absolute Gasteiger partial charge is 0.329 e. The lowest BCUT2D eigenvalue weighted by Crippen LogP contribution is -2.36. The lowest BCUT2D eigenvalue weighted by atomic mass is 10.1. The summed E-state index contributed by atoms with van der Waals surface area (Å²) in [5.74, 6) is 0.147. The fraction of sp³-hybridized carbons (Fsp3) is 0.474. The first-order valence-corrected chi connectivity index (χ1v) is 9.32. The van der Waals surface area contributed by atoms with Crippen molar-refractivity contribution in [2.45, 2.75) is 31.7 Å². The Bertz CT molecular complexity index is 764. The number of ether oxygens (including phenoxy) is 1. The predicted molar refractivity (Wildman–Crippen MR) is 101 cm³/mol. The molecule has 2 aliphatic heterocycles. The molecule has 0 aromatic heterocycles. The topological polar surface area (TPSA) is 108 Å². The van der Waals surface area contributed by atoms with E-state index >= 15 is 0 Å². The second-order valence-corrected chi connectivity index (χ2v) is 6.75. The van der Waals surface area contributed by atoms with Crippen molar-refractivity contribution in [3.05, 3.63) is 24.3 Å². The van der Waals surface area contributed by atoms with Gasteiger partial charge in [-0.05, 0) is 37.1 Å². The Morgan fingerprint density at radius 2 is 2.00 bits per heavy atom. The number of likely N-dealkylation sites (tertiary alicyclic amines) is 1. The molecule has 0 saturated carbocycles. The first-order chi connectivity index (χ1) is 13.5. The molecule has 5 amide bonds. The van der Waals surface area contributed by atoms with Crippen LogP contribution in [0.5, 0.6) is 5.75 Å². The Morgan fingerprint density at radius 3 is 2.64 bits per heavy atom. The Morgan fingerprint density at radius 1 is 1.25 bits per heavy atom. The lowest BCUT2D eigenvalue weighted by Gasteiger charge is -2.16. The molecular formula is C19H24N4O5. The number of benzene rings is 1. The Hall–Kier alpha value is -3.10. The van der Waals surface area contributed by atoms with Crippen molar-refractivity contribution >= 4 is 29.4 Å². The highest BCUT2D eigenvalue weighted by molar-refractivity contribution is 6.21. The number of urea groups is 1. The maximum atomic E-state index is 12.5. The molecule has 0 radical (unpaired) electrons. The van der Waals surface area contributed by atoms with Crippen molar-refractivity contribution in [2.24, 2.45) is 0 Å². The number of nitrogens with one attached hydrogen (secondary N) is 2. The van der Waals surface area contributed by atoms with Gasteiger partial charge < -0.3 is 20.3 Å². The van der Waals surface area contributed by atoms with Crippen LogP contribution in [0, 0.1) is 0 Å². The summed E-state index contributed by atoms with van der Waals surface area (Å²) in [6.45, 7) is 1.61. The molecule has 0 spiro atoms. The van der Waals surface area contributed by atoms with Crippen molar-refractivity contribution in [2.75, 3.05) is 31.6 Å². The minimum Gasteiger partial charge on any atom is -0.497 e. The van der Waals surface area contributed by atoms with Crippen molar-refractivity contribution < 1.29 is 23.9 Å². The molecule has 3 rings (SSSR count). The number of carbonyl (C=O) groups is 4. The summed E-state index contributed by atoms with van der Waals surface area (Å²) in [4.78, 5) is 51.0. The summed E-state index contributed by atoms with van der Waals surface area (Å²) in [7, 11) is 1.53. The molecule has 2 fully saturated rings. The first-order valence-electron chi connectivity index (χ1n) is 9.32. The summed E-state index contributed by atoms with van der Waals surface area (Å²) in [5, 5.41) is 5.37. The number of anilines is 1. The molecule has 1 aromatic rings. The maximum Gasteiger partial charge on any atom is 0.329 e. The number of hydrogen-bond acceptors (Lipinski definition) is 5. The highest BCUT2D eigenvalue weighted by atomic mass is 16.5. The van der Waals surface area contributed by atoms with Gasteiger partial charge in [-0.1, -0.05) is 0 Å². The number of nitrogens with zero attached hydrogens (tertiary/aromatic N) is 2. The summed E-state index contributed by atoms with van der Waals surface area (Å²) in [6, 6.07) is 5.35. The van der Waals surface area contributed by atoms with Gasteiger partial charge in [-0.25, -0.2) is 9.69 Å². The van der Waals surface area contributed by atoms with Crippen LogP contribution < -0.4 is 20.3 Å². The van der Waals surface area contributed by atoms with Crippen LogP contribution >= 0.6 is 0 Å². The quantitative estimate of drug-likeness (QED) is 0.636. The van der Waals surface area contributed by atoms with E-state index in [-0.39, 0.29) is 30.6 Å². The Labute approximate surface area is 163 Å². The zero-order valence-electron chi connectivity index (χ0n) is 15.8. The van der Waals surface area contributed by atoms with Crippen LogP contribution in [-0.2, 0) is 14.4 Å². The van der Waals surface area contributed by atoms with Gasteiger partial charge in [0, 0.05) is 32.5 Å². The summed E-state index contributed by atoms with van der Waals surface area (Å²) in [6.07, 6.45) is 1.76. The third kappa shape index (κ3) is 4.41. The van der Waals surface area contributed by atoms with E-state index in [0.717, 1.165) is 17.9 Å². The number of imide groups is 1. The van der Waals surface area contributed by atoms with Crippen LogP contribution in [0.15, 0.2) is 24.3 Å². The molecule has 0 bridgehead atoms. The molecule has 1 aromatic carbocycles. The van der Waals surface area contributed by atoms with Crippen molar-refractivity contribution in [3.8, 4) is 5.75 Å².